The first kappa shape index (κ1) is 17.5. The molecule has 0 aromatic heterocycles. The molecule has 1 aromatic rings. The monoisotopic (exact) mass is 318 g/mol. The van der Waals surface area contributed by atoms with Gasteiger partial charge in [0.1, 0.15) is 5.75 Å². The summed E-state index contributed by atoms with van der Waals surface area (Å²) >= 11 is 0. The van der Waals surface area contributed by atoms with Crippen LogP contribution in [0.2, 0.25) is 0 Å². The zero-order chi connectivity index (χ0) is 15.9. The van der Waals surface area contributed by atoms with Crippen LogP contribution in [-0.2, 0) is 16.6 Å². The van der Waals surface area contributed by atoms with E-state index >= 15 is 0 Å². The molecule has 0 fully saturated rings. The molecule has 0 radical (unpaired) electrons. The minimum absolute atomic E-state index is 0.0386. The fourth-order valence-corrected chi connectivity index (χ4v) is 2.40. The molecule has 8 heteroatoms. The van der Waals surface area contributed by atoms with Gasteiger partial charge < -0.3 is 19.5 Å². The topological polar surface area (TPSA) is 99.9 Å². The Labute approximate surface area is 125 Å². The second-order valence-electron chi connectivity index (χ2n) is 4.42. The highest BCUT2D eigenvalue weighted by Crippen LogP contribution is 2.34. The second kappa shape index (κ2) is 8.06. The highest BCUT2D eigenvalue weighted by atomic mass is 32.2. The summed E-state index contributed by atoms with van der Waals surface area (Å²) in [5.41, 5.74) is 0.894. The number of sulfonamides is 1. The molecule has 0 unspecified atom stereocenters. The van der Waals surface area contributed by atoms with Gasteiger partial charge in [0.15, 0.2) is 11.5 Å². The number of hydrogen-bond acceptors (Lipinski definition) is 6. The van der Waals surface area contributed by atoms with Gasteiger partial charge in [0.05, 0.1) is 27.1 Å². The molecule has 7 nitrogen and oxygen atoms in total. The number of rotatable bonds is 9. The molecule has 0 saturated carbocycles. The number of hydrogen-bond donors (Lipinski definition) is 2. The van der Waals surface area contributed by atoms with E-state index in [1.807, 2.05) is 6.07 Å². The lowest BCUT2D eigenvalue weighted by atomic mass is 10.1. The van der Waals surface area contributed by atoms with Crippen LogP contribution in [0.3, 0.4) is 0 Å². The van der Waals surface area contributed by atoms with Crippen molar-refractivity contribution in [1.82, 2.24) is 5.32 Å². The molecule has 1 aromatic carbocycles. The van der Waals surface area contributed by atoms with Crippen molar-refractivity contribution < 1.29 is 22.6 Å². The van der Waals surface area contributed by atoms with Crippen molar-refractivity contribution in [3.05, 3.63) is 17.7 Å². The standard InChI is InChI=1S/C13H22N2O5S/c1-18-11-8-13(20-3)12(19-2)7-10(11)9-15-5-4-6-21(14,16)17/h7-8,15H,4-6,9H2,1-3H3,(H2,14,16,17). The maximum absolute atomic E-state index is 10.8. The number of benzene rings is 1. The van der Waals surface area contributed by atoms with E-state index in [4.69, 9.17) is 19.3 Å². The Bertz CT molecular complexity index is 560. The molecule has 1 rings (SSSR count). The van der Waals surface area contributed by atoms with Crippen molar-refractivity contribution in [2.75, 3.05) is 33.6 Å². The van der Waals surface area contributed by atoms with E-state index in [1.54, 1.807) is 27.4 Å². The Kier molecular flexibility index (Phi) is 6.73. The summed E-state index contributed by atoms with van der Waals surface area (Å²) in [6.45, 7) is 1.06. The van der Waals surface area contributed by atoms with Crippen LogP contribution in [0.1, 0.15) is 12.0 Å². The minimum Gasteiger partial charge on any atom is -0.496 e. The molecule has 0 aliphatic carbocycles. The van der Waals surface area contributed by atoms with Crippen LogP contribution in [0, 0.1) is 0 Å². The van der Waals surface area contributed by atoms with E-state index in [0.29, 0.717) is 36.8 Å². The van der Waals surface area contributed by atoms with Gasteiger partial charge in [-0.2, -0.15) is 0 Å². The van der Waals surface area contributed by atoms with Crippen LogP contribution in [0.25, 0.3) is 0 Å². The van der Waals surface area contributed by atoms with E-state index in [-0.39, 0.29) is 5.75 Å². The molecule has 0 bridgehead atoms. The number of ether oxygens (including phenoxy) is 3. The molecular weight excluding hydrogens is 296 g/mol. The van der Waals surface area contributed by atoms with Gasteiger partial charge in [-0.1, -0.05) is 0 Å². The van der Waals surface area contributed by atoms with E-state index in [0.717, 1.165) is 5.56 Å². The molecule has 0 atom stereocenters. The van der Waals surface area contributed by atoms with Crippen LogP contribution < -0.4 is 24.7 Å². The first-order valence-corrected chi connectivity index (χ1v) is 8.13. The summed E-state index contributed by atoms with van der Waals surface area (Å²) < 4.78 is 37.4. The van der Waals surface area contributed by atoms with Gasteiger partial charge in [0, 0.05) is 18.2 Å². The molecule has 0 aliphatic rings. The van der Waals surface area contributed by atoms with Crippen LogP contribution in [0.5, 0.6) is 17.2 Å². The van der Waals surface area contributed by atoms with Crippen LogP contribution in [0.15, 0.2) is 12.1 Å². The van der Waals surface area contributed by atoms with Gasteiger partial charge in [-0.3, -0.25) is 0 Å². The molecule has 120 valence electrons. The van der Waals surface area contributed by atoms with Gasteiger partial charge in [0.2, 0.25) is 10.0 Å². The summed E-state index contributed by atoms with van der Waals surface area (Å²) in [5.74, 6) is 1.84. The van der Waals surface area contributed by atoms with Gasteiger partial charge in [0.25, 0.3) is 0 Å². The first-order chi connectivity index (χ1) is 9.91. The molecule has 0 amide bonds. The van der Waals surface area contributed by atoms with Crippen molar-refractivity contribution in [1.29, 1.82) is 0 Å². The smallest absolute Gasteiger partial charge is 0.209 e. The Morgan fingerprint density at radius 1 is 1.05 bits per heavy atom. The van der Waals surface area contributed by atoms with Gasteiger partial charge in [-0.25, -0.2) is 13.6 Å². The normalized spacial score (nSPS) is 11.2. The van der Waals surface area contributed by atoms with Crippen LogP contribution >= 0.6 is 0 Å². The van der Waals surface area contributed by atoms with Crippen molar-refractivity contribution in [3.8, 4) is 17.2 Å². The summed E-state index contributed by atoms with van der Waals surface area (Å²) in [4.78, 5) is 0. The third-order valence-electron chi connectivity index (χ3n) is 2.88. The maximum atomic E-state index is 10.8. The van der Waals surface area contributed by atoms with Crippen LogP contribution in [0.4, 0.5) is 0 Å². The predicted molar refractivity (Wildman–Crippen MR) is 80.4 cm³/mol. The minimum atomic E-state index is -3.40. The number of nitrogens with one attached hydrogen (secondary N) is 1. The molecule has 0 aliphatic heterocycles. The van der Waals surface area contributed by atoms with E-state index < -0.39 is 10.0 Å². The summed E-state index contributed by atoms with van der Waals surface area (Å²) in [7, 11) is 1.29. The SMILES string of the molecule is COc1cc(OC)c(OC)cc1CNCCCS(N)(=O)=O. The largest absolute Gasteiger partial charge is 0.496 e. The van der Waals surface area contributed by atoms with E-state index in [9.17, 15) is 8.42 Å². The summed E-state index contributed by atoms with van der Waals surface area (Å²) in [6, 6.07) is 3.57. The zero-order valence-corrected chi connectivity index (χ0v) is 13.3. The Balaban J connectivity index is 2.65. The van der Waals surface area contributed by atoms with Crippen LogP contribution in [-0.4, -0.2) is 42.0 Å². The fourth-order valence-electron chi connectivity index (χ4n) is 1.85. The first-order valence-electron chi connectivity index (χ1n) is 6.41. The van der Waals surface area contributed by atoms with Gasteiger partial charge in [-0.15, -0.1) is 0 Å². The fraction of sp³-hybridized carbons (Fsp3) is 0.538. The van der Waals surface area contributed by atoms with Crippen molar-refractivity contribution in [3.63, 3.8) is 0 Å². The molecule has 0 saturated heterocycles. The van der Waals surface area contributed by atoms with E-state index in [1.165, 1.54) is 0 Å². The second-order valence-corrected chi connectivity index (χ2v) is 6.15. The molecule has 3 N–H and O–H groups in total. The summed E-state index contributed by atoms with van der Waals surface area (Å²) in [6.07, 6.45) is 0.453. The van der Waals surface area contributed by atoms with Crippen molar-refractivity contribution in [2.24, 2.45) is 5.14 Å². The molecule has 21 heavy (non-hydrogen) atoms. The van der Waals surface area contributed by atoms with Crippen molar-refractivity contribution in [2.45, 2.75) is 13.0 Å². The van der Waals surface area contributed by atoms with Gasteiger partial charge in [-0.05, 0) is 19.0 Å². The Hall–Kier alpha value is -1.51. The quantitative estimate of drug-likeness (QED) is 0.642. The van der Waals surface area contributed by atoms with Crippen molar-refractivity contribution >= 4 is 10.0 Å². The Morgan fingerprint density at radius 2 is 1.62 bits per heavy atom. The highest BCUT2D eigenvalue weighted by Gasteiger charge is 2.11. The van der Waals surface area contributed by atoms with Gasteiger partial charge >= 0.3 is 0 Å². The lowest BCUT2D eigenvalue weighted by Gasteiger charge is -2.14. The summed E-state index contributed by atoms with van der Waals surface area (Å²) in [5, 5.41) is 8.08. The molecular formula is C13H22N2O5S. The third-order valence-corrected chi connectivity index (χ3v) is 3.74. The third kappa shape index (κ3) is 5.78. The predicted octanol–water partition coefficient (Wildman–Crippen LogP) is 0.481. The molecule has 0 spiro atoms. The Morgan fingerprint density at radius 3 is 2.14 bits per heavy atom. The number of primary sulfonamides is 1. The highest BCUT2D eigenvalue weighted by molar-refractivity contribution is 7.89. The zero-order valence-electron chi connectivity index (χ0n) is 12.5. The molecule has 0 heterocycles. The van der Waals surface area contributed by atoms with E-state index in [2.05, 4.69) is 5.32 Å². The lowest BCUT2D eigenvalue weighted by Crippen LogP contribution is -2.22. The average Bonchev–Trinajstić information content (AvgIpc) is 2.44. The number of nitrogens with two attached hydrogens (primary N) is 1. The number of methoxy groups -OCH3 is 3. The average molecular weight is 318 g/mol. The maximum Gasteiger partial charge on any atom is 0.209 e. The lowest BCUT2D eigenvalue weighted by molar-refractivity contribution is 0.347.